The van der Waals surface area contributed by atoms with Crippen molar-refractivity contribution in [2.45, 2.75) is 6.04 Å². The lowest BCUT2D eigenvalue weighted by Gasteiger charge is -2.09. The van der Waals surface area contributed by atoms with Crippen molar-refractivity contribution in [2.24, 2.45) is 5.73 Å². The fourth-order valence-electron chi connectivity index (χ4n) is 1.12. The summed E-state index contributed by atoms with van der Waals surface area (Å²) >= 11 is 0. The molecule has 0 aromatic carbocycles. The monoisotopic (exact) mass is 178 g/mol. The second kappa shape index (κ2) is 3.45. The molecule has 2 N–H and O–H groups in total. The molecule has 0 saturated heterocycles. The topological polar surface area (TPSA) is 57.4 Å². The Hall–Kier alpha value is -1.55. The normalized spacial score (nSPS) is 17.2. The minimum Gasteiger partial charge on any atom is -0.462 e. The molecule has 1 aliphatic rings. The van der Waals surface area contributed by atoms with Crippen molar-refractivity contribution in [2.75, 3.05) is 6.79 Å². The van der Waals surface area contributed by atoms with Crippen LogP contribution >= 0.6 is 0 Å². The molecule has 1 aromatic rings. The number of nitrogens with two attached hydrogens (primary N) is 1. The highest BCUT2D eigenvalue weighted by atomic mass is 16.7. The second-order valence-electron chi connectivity index (χ2n) is 2.68. The Morgan fingerprint density at radius 3 is 3.00 bits per heavy atom. The van der Waals surface area contributed by atoms with E-state index >= 15 is 0 Å². The van der Waals surface area contributed by atoms with E-state index in [9.17, 15) is 0 Å². The van der Waals surface area contributed by atoms with Gasteiger partial charge in [0.25, 0.3) is 0 Å². The quantitative estimate of drug-likeness (QED) is 0.731. The van der Waals surface area contributed by atoms with Gasteiger partial charge in [-0.15, -0.1) is 0 Å². The van der Waals surface area contributed by atoms with Crippen LogP contribution in [-0.4, -0.2) is 11.8 Å². The Bertz CT molecular complexity index is 311. The van der Waals surface area contributed by atoms with Gasteiger partial charge in [-0.3, -0.25) is 4.98 Å². The zero-order valence-electron chi connectivity index (χ0n) is 7.01. The van der Waals surface area contributed by atoms with E-state index in [4.69, 9.17) is 15.2 Å². The lowest BCUT2D eigenvalue weighted by atomic mass is 10.2. The van der Waals surface area contributed by atoms with Crippen LogP contribution in [0.25, 0.3) is 0 Å². The van der Waals surface area contributed by atoms with Gasteiger partial charge in [0, 0.05) is 6.20 Å². The molecule has 0 amide bonds. The molecular weight excluding hydrogens is 168 g/mol. The van der Waals surface area contributed by atoms with Gasteiger partial charge in [-0.1, -0.05) is 6.07 Å². The number of pyridine rings is 1. The summed E-state index contributed by atoms with van der Waals surface area (Å²) < 4.78 is 10.1. The Kier molecular flexibility index (Phi) is 2.14. The summed E-state index contributed by atoms with van der Waals surface area (Å²) in [5.74, 6) is 0.624. The maximum absolute atomic E-state index is 5.86. The minimum absolute atomic E-state index is 0.246. The molecule has 0 aliphatic carbocycles. The SMILES string of the molecule is NC(C1=COCO1)c1ccccn1. The highest BCUT2D eigenvalue weighted by Gasteiger charge is 2.18. The Labute approximate surface area is 76.0 Å². The van der Waals surface area contributed by atoms with E-state index < -0.39 is 0 Å². The predicted octanol–water partition coefficient (Wildman–Crippen LogP) is 0.927. The number of aromatic nitrogens is 1. The molecule has 4 heteroatoms. The summed E-state index contributed by atoms with van der Waals surface area (Å²) in [5, 5.41) is 0. The standard InChI is InChI=1S/C9H10N2O2/c10-9(8-5-12-6-13-8)7-3-1-2-4-11-7/h1-5,9H,6,10H2. The smallest absolute Gasteiger partial charge is 0.229 e. The molecule has 2 heterocycles. The number of nitrogens with zero attached hydrogens (tertiary/aromatic N) is 1. The molecule has 1 aliphatic heterocycles. The molecular formula is C9H10N2O2. The first-order valence-corrected chi connectivity index (χ1v) is 3.99. The van der Waals surface area contributed by atoms with Crippen molar-refractivity contribution >= 4 is 0 Å². The first kappa shape index (κ1) is 8.07. The first-order chi connectivity index (χ1) is 6.38. The molecule has 1 unspecified atom stereocenters. The first-order valence-electron chi connectivity index (χ1n) is 3.99. The highest BCUT2D eigenvalue weighted by molar-refractivity contribution is 5.17. The van der Waals surface area contributed by atoms with Crippen molar-refractivity contribution < 1.29 is 9.47 Å². The average Bonchev–Trinajstić information content (AvgIpc) is 2.71. The predicted molar refractivity (Wildman–Crippen MR) is 46.3 cm³/mol. The van der Waals surface area contributed by atoms with Crippen LogP contribution in [0.1, 0.15) is 11.7 Å². The molecule has 0 saturated carbocycles. The number of ether oxygens (including phenoxy) is 2. The van der Waals surface area contributed by atoms with Crippen molar-refractivity contribution in [3.63, 3.8) is 0 Å². The third kappa shape index (κ3) is 1.62. The molecule has 13 heavy (non-hydrogen) atoms. The van der Waals surface area contributed by atoms with Crippen molar-refractivity contribution in [3.8, 4) is 0 Å². The molecule has 0 spiro atoms. The molecule has 2 rings (SSSR count). The Balaban J connectivity index is 2.17. The lowest BCUT2D eigenvalue weighted by Crippen LogP contribution is -2.14. The van der Waals surface area contributed by atoms with Gasteiger partial charge in [-0.25, -0.2) is 0 Å². The van der Waals surface area contributed by atoms with Crippen LogP contribution in [0, 0.1) is 0 Å². The molecule has 68 valence electrons. The van der Waals surface area contributed by atoms with Gasteiger partial charge in [0.15, 0.2) is 5.76 Å². The second-order valence-corrected chi connectivity index (χ2v) is 2.68. The lowest BCUT2D eigenvalue weighted by molar-refractivity contribution is 0.0753. The number of hydrogen-bond acceptors (Lipinski definition) is 4. The van der Waals surface area contributed by atoms with E-state index in [-0.39, 0.29) is 12.8 Å². The van der Waals surface area contributed by atoms with Crippen LogP contribution in [-0.2, 0) is 9.47 Å². The van der Waals surface area contributed by atoms with E-state index in [2.05, 4.69) is 4.98 Å². The van der Waals surface area contributed by atoms with Gasteiger partial charge in [-0.2, -0.15) is 0 Å². The van der Waals surface area contributed by atoms with Gasteiger partial charge >= 0.3 is 0 Å². The molecule has 4 nitrogen and oxygen atoms in total. The van der Waals surface area contributed by atoms with E-state index in [1.807, 2.05) is 18.2 Å². The van der Waals surface area contributed by atoms with E-state index in [0.29, 0.717) is 5.76 Å². The summed E-state index contributed by atoms with van der Waals surface area (Å²) in [5.41, 5.74) is 6.64. The molecule has 1 atom stereocenters. The van der Waals surface area contributed by atoms with Crippen LogP contribution in [0.15, 0.2) is 36.4 Å². The third-order valence-corrected chi connectivity index (χ3v) is 1.81. The van der Waals surface area contributed by atoms with Gasteiger partial charge < -0.3 is 15.2 Å². The van der Waals surface area contributed by atoms with E-state index in [0.717, 1.165) is 5.69 Å². The zero-order chi connectivity index (χ0) is 9.10. The summed E-state index contributed by atoms with van der Waals surface area (Å²) in [7, 11) is 0. The van der Waals surface area contributed by atoms with E-state index in [1.165, 1.54) is 6.26 Å². The highest BCUT2D eigenvalue weighted by Crippen LogP contribution is 2.20. The molecule has 0 radical (unpaired) electrons. The van der Waals surface area contributed by atoms with Crippen LogP contribution < -0.4 is 5.73 Å². The van der Waals surface area contributed by atoms with Crippen molar-refractivity contribution in [3.05, 3.63) is 42.1 Å². The van der Waals surface area contributed by atoms with Gasteiger partial charge in [0.05, 0.1) is 5.69 Å². The summed E-state index contributed by atoms with van der Waals surface area (Å²) in [6, 6.07) is 5.26. The maximum Gasteiger partial charge on any atom is 0.229 e. The van der Waals surface area contributed by atoms with E-state index in [1.54, 1.807) is 6.20 Å². The Morgan fingerprint density at radius 1 is 1.46 bits per heavy atom. The minimum atomic E-state index is -0.330. The number of rotatable bonds is 2. The Morgan fingerprint density at radius 2 is 2.38 bits per heavy atom. The number of hydrogen-bond donors (Lipinski definition) is 1. The summed E-state index contributed by atoms with van der Waals surface area (Å²) in [4.78, 5) is 4.12. The average molecular weight is 178 g/mol. The van der Waals surface area contributed by atoms with Crippen LogP contribution in [0.5, 0.6) is 0 Å². The summed E-state index contributed by atoms with van der Waals surface area (Å²) in [6.45, 7) is 0.246. The largest absolute Gasteiger partial charge is 0.462 e. The fourth-order valence-corrected chi connectivity index (χ4v) is 1.12. The molecule has 1 aromatic heterocycles. The van der Waals surface area contributed by atoms with Crippen molar-refractivity contribution in [1.82, 2.24) is 4.98 Å². The molecule has 0 fully saturated rings. The van der Waals surface area contributed by atoms with Gasteiger partial charge in [-0.05, 0) is 12.1 Å². The fraction of sp³-hybridized carbons (Fsp3) is 0.222. The van der Waals surface area contributed by atoms with Gasteiger partial charge in [0.2, 0.25) is 6.79 Å². The van der Waals surface area contributed by atoms with Crippen LogP contribution in [0.2, 0.25) is 0 Å². The van der Waals surface area contributed by atoms with Crippen LogP contribution in [0.3, 0.4) is 0 Å². The third-order valence-electron chi connectivity index (χ3n) is 1.81. The van der Waals surface area contributed by atoms with Crippen LogP contribution in [0.4, 0.5) is 0 Å². The summed E-state index contributed by atoms with van der Waals surface area (Å²) in [6.07, 6.45) is 3.23. The van der Waals surface area contributed by atoms with Crippen molar-refractivity contribution in [1.29, 1.82) is 0 Å². The zero-order valence-corrected chi connectivity index (χ0v) is 7.01. The van der Waals surface area contributed by atoms with Gasteiger partial charge in [0.1, 0.15) is 12.3 Å². The molecule has 0 bridgehead atoms. The maximum atomic E-state index is 5.86.